The summed E-state index contributed by atoms with van der Waals surface area (Å²) in [6.07, 6.45) is 1.21. The Morgan fingerprint density at radius 1 is 1.15 bits per heavy atom. The number of nitrogens with one attached hydrogen (secondary N) is 2. The fourth-order valence-corrected chi connectivity index (χ4v) is 1.01. The molecular formula is C11H26N2. The first-order valence-electron chi connectivity index (χ1n) is 5.40. The summed E-state index contributed by atoms with van der Waals surface area (Å²) in [4.78, 5) is 0. The van der Waals surface area contributed by atoms with Gasteiger partial charge in [-0.1, -0.05) is 27.7 Å². The molecule has 2 N–H and O–H groups in total. The lowest BCUT2D eigenvalue weighted by molar-refractivity contribution is 0.376. The normalized spacial score (nSPS) is 14.5. The van der Waals surface area contributed by atoms with E-state index in [-0.39, 0.29) is 0 Å². The van der Waals surface area contributed by atoms with Gasteiger partial charge in [-0.25, -0.2) is 0 Å². The zero-order valence-electron chi connectivity index (χ0n) is 9.91. The van der Waals surface area contributed by atoms with Crippen LogP contribution in [-0.4, -0.2) is 25.7 Å². The van der Waals surface area contributed by atoms with Gasteiger partial charge < -0.3 is 10.6 Å². The summed E-state index contributed by atoms with van der Waals surface area (Å²) < 4.78 is 0. The summed E-state index contributed by atoms with van der Waals surface area (Å²) in [5, 5.41) is 6.90. The maximum absolute atomic E-state index is 3.46. The molecule has 0 amide bonds. The van der Waals surface area contributed by atoms with E-state index >= 15 is 0 Å². The van der Waals surface area contributed by atoms with Crippen molar-refractivity contribution in [1.29, 1.82) is 0 Å². The standard InChI is InChI=1S/C11H26N2/c1-6-10(2)13-8-7-12-9-11(3,4)5/h10,12-13H,6-9H2,1-5H3. The van der Waals surface area contributed by atoms with E-state index in [1.807, 2.05) is 0 Å². The third-order valence-corrected chi connectivity index (χ3v) is 2.06. The maximum atomic E-state index is 3.46. The van der Waals surface area contributed by atoms with Crippen LogP contribution in [0.25, 0.3) is 0 Å². The number of hydrogen-bond acceptors (Lipinski definition) is 2. The largest absolute Gasteiger partial charge is 0.315 e. The predicted octanol–water partition coefficient (Wildman–Crippen LogP) is 2.01. The van der Waals surface area contributed by atoms with Crippen molar-refractivity contribution in [2.45, 2.75) is 47.1 Å². The highest BCUT2D eigenvalue weighted by Crippen LogP contribution is 2.09. The second-order valence-corrected chi connectivity index (χ2v) is 5.00. The Morgan fingerprint density at radius 3 is 2.23 bits per heavy atom. The Balaban J connectivity index is 3.18. The van der Waals surface area contributed by atoms with Crippen molar-refractivity contribution >= 4 is 0 Å². The lowest BCUT2D eigenvalue weighted by Crippen LogP contribution is -2.36. The molecule has 0 aromatic carbocycles. The first kappa shape index (κ1) is 12.9. The van der Waals surface area contributed by atoms with Gasteiger partial charge in [-0.15, -0.1) is 0 Å². The number of hydrogen-bond donors (Lipinski definition) is 2. The second kappa shape index (κ2) is 6.39. The topological polar surface area (TPSA) is 24.1 Å². The van der Waals surface area contributed by atoms with Gasteiger partial charge in [0.2, 0.25) is 0 Å². The van der Waals surface area contributed by atoms with Crippen molar-refractivity contribution in [1.82, 2.24) is 10.6 Å². The lowest BCUT2D eigenvalue weighted by Gasteiger charge is -2.19. The molecule has 1 atom stereocenters. The summed E-state index contributed by atoms with van der Waals surface area (Å²) in [6.45, 7) is 14.4. The summed E-state index contributed by atoms with van der Waals surface area (Å²) in [5.41, 5.74) is 0.399. The van der Waals surface area contributed by atoms with Crippen LogP contribution in [0.4, 0.5) is 0 Å². The lowest BCUT2D eigenvalue weighted by atomic mass is 9.97. The molecule has 0 aromatic heterocycles. The highest BCUT2D eigenvalue weighted by atomic mass is 15.0. The SMILES string of the molecule is CCC(C)NCCNCC(C)(C)C. The van der Waals surface area contributed by atoms with Crippen LogP contribution in [0.2, 0.25) is 0 Å². The molecule has 0 fully saturated rings. The van der Waals surface area contributed by atoms with E-state index in [2.05, 4.69) is 45.3 Å². The molecule has 2 nitrogen and oxygen atoms in total. The van der Waals surface area contributed by atoms with Gasteiger partial charge in [-0.3, -0.25) is 0 Å². The molecule has 0 spiro atoms. The Labute approximate surface area is 83.5 Å². The molecule has 0 aromatic rings. The van der Waals surface area contributed by atoms with Crippen molar-refractivity contribution in [2.24, 2.45) is 5.41 Å². The van der Waals surface area contributed by atoms with Gasteiger partial charge in [0.1, 0.15) is 0 Å². The van der Waals surface area contributed by atoms with Crippen molar-refractivity contribution in [3.8, 4) is 0 Å². The molecule has 0 aliphatic carbocycles. The van der Waals surface area contributed by atoms with Crippen LogP contribution in [0, 0.1) is 5.41 Å². The smallest absolute Gasteiger partial charge is 0.00792 e. The van der Waals surface area contributed by atoms with Crippen LogP contribution in [0.15, 0.2) is 0 Å². The Morgan fingerprint density at radius 2 is 1.77 bits per heavy atom. The molecule has 0 aliphatic heterocycles. The highest BCUT2D eigenvalue weighted by Gasteiger charge is 2.08. The van der Waals surface area contributed by atoms with Gasteiger partial charge >= 0.3 is 0 Å². The first-order valence-corrected chi connectivity index (χ1v) is 5.40. The van der Waals surface area contributed by atoms with Crippen LogP contribution in [-0.2, 0) is 0 Å². The molecule has 0 bridgehead atoms. The van der Waals surface area contributed by atoms with E-state index in [0.717, 1.165) is 19.6 Å². The Hall–Kier alpha value is -0.0800. The molecule has 0 rings (SSSR count). The minimum atomic E-state index is 0.399. The van der Waals surface area contributed by atoms with Gasteiger partial charge in [0.15, 0.2) is 0 Å². The molecule has 80 valence electrons. The highest BCUT2D eigenvalue weighted by molar-refractivity contribution is 4.66. The summed E-state index contributed by atoms with van der Waals surface area (Å²) in [5.74, 6) is 0. The average Bonchev–Trinajstić information content (AvgIpc) is 2.01. The fourth-order valence-electron chi connectivity index (χ4n) is 1.01. The van der Waals surface area contributed by atoms with E-state index < -0.39 is 0 Å². The molecule has 0 heterocycles. The van der Waals surface area contributed by atoms with Crippen LogP contribution in [0.1, 0.15) is 41.0 Å². The first-order chi connectivity index (χ1) is 5.95. The van der Waals surface area contributed by atoms with E-state index in [1.54, 1.807) is 0 Å². The van der Waals surface area contributed by atoms with E-state index in [9.17, 15) is 0 Å². The molecule has 0 radical (unpaired) electrons. The quantitative estimate of drug-likeness (QED) is 0.620. The summed E-state index contributed by atoms with van der Waals surface area (Å²) in [7, 11) is 0. The number of rotatable bonds is 6. The maximum Gasteiger partial charge on any atom is 0.00792 e. The monoisotopic (exact) mass is 186 g/mol. The predicted molar refractivity (Wildman–Crippen MR) is 60.1 cm³/mol. The summed E-state index contributed by atoms with van der Waals surface area (Å²) >= 11 is 0. The molecule has 0 saturated carbocycles. The van der Waals surface area contributed by atoms with Gasteiger partial charge in [0, 0.05) is 25.7 Å². The molecule has 1 unspecified atom stereocenters. The van der Waals surface area contributed by atoms with Crippen molar-refractivity contribution < 1.29 is 0 Å². The van der Waals surface area contributed by atoms with Crippen LogP contribution in [0.3, 0.4) is 0 Å². The Bertz CT molecular complexity index is 116. The minimum absolute atomic E-state index is 0.399. The molecule has 2 heteroatoms. The average molecular weight is 186 g/mol. The zero-order valence-corrected chi connectivity index (χ0v) is 9.91. The van der Waals surface area contributed by atoms with Gasteiger partial charge in [-0.05, 0) is 18.8 Å². The van der Waals surface area contributed by atoms with E-state index in [4.69, 9.17) is 0 Å². The Kier molecular flexibility index (Phi) is 6.35. The van der Waals surface area contributed by atoms with Crippen LogP contribution < -0.4 is 10.6 Å². The zero-order chi connectivity index (χ0) is 10.3. The summed E-state index contributed by atoms with van der Waals surface area (Å²) in [6, 6.07) is 0.649. The van der Waals surface area contributed by atoms with Gasteiger partial charge in [-0.2, -0.15) is 0 Å². The fraction of sp³-hybridized carbons (Fsp3) is 1.00. The molecule has 0 saturated heterocycles. The van der Waals surface area contributed by atoms with Gasteiger partial charge in [0.05, 0.1) is 0 Å². The second-order valence-electron chi connectivity index (χ2n) is 5.00. The van der Waals surface area contributed by atoms with Crippen LogP contribution >= 0.6 is 0 Å². The third-order valence-electron chi connectivity index (χ3n) is 2.06. The van der Waals surface area contributed by atoms with E-state index in [1.165, 1.54) is 6.42 Å². The minimum Gasteiger partial charge on any atom is -0.315 e. The van der Waals surface area contributed by atoms with Gasteiger partial charge in [0.25, 0.3) is 0 Å². The third kappa shape index (κ3) is 9.84. The van der Waals surface area contributed by atoms with Crippen molar-refractivity contribution in [3.05, 3.63) is 0 Å². The molecule has 0 aliphatic rings. The van der Waals surface area contributed by atoms with Crippen molar-refractivity contribution in [2.75, 3.05) is 19.6 Å². The molecule has 13 heavy (non-hydrogen) atoms. The van der Waals surface area contributed by atoms with E-state index in [0.29, 0.717) is 11.5 Å². The van der Waals surface area contributed by atoms with Crippen LogP contribution in [0.5, 0.6) is 0 Å². The molecular weight excluding hydrogens is 160 g/mol. The van der Waals surface area contributed by atoms with Crippen molar-refractivity contribution in [3.63, 3.8) is 0 Å².